The predicted octanol–water partition coefficient (Wildman–Crippen LogP) is 5.53. The van der Waals surface area contributed by atoms with Gasteiger partial charge in [-0.25, -0.2) is 0 Å². The lowest BCUT2D eigenvalue weighted by molar-refractivity contribution is -0.133. The highest BCUT2D eigenvalue weighted by Crippen LogP contribution is 2.17. The number of ether oxygens (including phenoxy) is 1. The number of carbonyl (C=O) groups is 2. The monoisotopic (exact) mass is 489 g/mol. The molecular weight excluding hydrogens is 450 g/mol. The number of methoxy groups -OCH3 is 1. The van der Waals surface area contributed by atoms with Crippen LogP contribution >= 0.6 is 0 Å². The van der Waals surface area contributed by atoms with Gasteiger partial charge in [0.1, 0.15) is 12.3 Å². The van der Waals surface area contributed by atoms with Gasteiger partial charge < -0.3 is 19.1 Å². The Balaban J connectivity index is 1.76. The zero-order chi connectivity index (χ0) is 26.1. The van der Waals surface area contributed by atoms with Gasteiger partial charge in [0.2, 0.25) is 5.91 Å². The van der Waals surface area contributed by atoms with Crippen LogP contribution in [0, 0.1) is 6.92 Å². The molecule has 0 aliphatic heterocycles. The van der Waals surface area contributed by atoms with Crippen LogP contribution in [-0.2, 0) is 17.9 Å². The van der Waals surface area contributed by atoms with Crippen LogP contribution in [0.3, 0.4) is 0 Å². The second-order valence-corrected chi connectivity index (χ2v) is 9.54. The number of rotatable bonds is 12. The van der Waals surface area contributed by atoms with Gasteiger partial charge in [0.05, 0.1) is 13.7 Å². The molecule has 3 aromatic rings. The Bertz CT molecular complexity index is 1130. The average Bonchev–Trinajstić information content (AvgIpc) is 3.30. The van der Waals surface area contributed by atoms with Crippen molar-refractivity contribution in [1.29, 1.82) is 0 Å². The molecule has 0 saturated carbocycles. The molecule has 0 saturated heterocycles. The van der Waals surface area contributed by atoms with E-state index in [1.54, 1.807) is 36.3 Å². The molecule has 0 unspecified atom stereocenters. The van der Waals surface area contributed by atoms with E-state index < -0.39 is 0 Å². The second-order valence-electron chi connectivity index (χ2n) is 9.54. The molecule has 36 heavy (non-hydrogen) atoms. The van der Waals surface area contributed by atoms with Crippen molar-refractivity contribution < 1.29 is 14.3 Å². The number of hydrogen-bond acceptors (Lipinski definition) is 3. The van der Waals surface area contributed by atoms with Gasteiger partial charge in [-0.15, -0.1) is 0 Å². The summed E-state index contributed by atoms with van der Waals surface area (Å²) in [6, 6.07) is 19.5. The van der Waals surface area contributed by atoms with E-state index in [9.17, 15) is 9.59 Å². The molecule has 0 aliphatic carbocycles. The first-order chi connectivity index (χ1) is 17.3. The Labute approximate surface area is 215 Å². The van der Waals surface area contributed by atoms with Gasteiger partial charge in [-0.3, -0.25) is 9.59 Å². The molecule has 6 heteroatoms. The van der Waals surface area contributed by atoms with Gasteiger partial charge >= 0.3 is 0 Å². The van der Waals surface area contributed by atoms with Crippen LogP contribution in [-0.4, -0.2) is 52.4 Å². The fourth-order valence-corrected chi connectivity index (χ4v) is 4.22. The highest BCUT2D eigenvalue weighted by molar-refractivity contribution is 5.96. The molecule has 1 aromatic heterocycles. The minimum atomic E-state index is -0.153. The van der Waals surface area contributed by atoms with Crippen LogP contribution in [0.25, 0.3) is 0 Å². The Morgan fingerprint density at radius 1 is 1.03 bits per heavy atom. The topological polar surface area (TPSA) is 54.8 Å². The SMILES string of the molecule is CCCCN(Cc1cccn1Cc1cccc(C)c1)C(=O)CN(C(=O)c1ccc(OC)cc1)C(C)C. The zero-order valence-corrected chi connectivity index (χ0v) is 22.2. The minimum Gasteiger partial charge on any atom is -0.497 e. The number of unbranched alkanes of at least 4 members (excludes halogenated alkanes) is 1. The molecule has 1 heterocycles. The molecular formula is C30H39N3O3. The summed E-state index contributed by atoms with van der Waals surface area (Å²) < 4.78 is 7.40. The van der Waals surface area contributed by atoms with Crippen molar-refractivity contribution in [2.45, 2.75) is 59.7 Å². The number of aromatic nitrogens is 1. The second kappa shape index (κ2) is 13.0. The van der Waals surface area contributed by atoms with Crippen LogP contribution in [0.15, 0.2) is 66.9 Å². The first-order valence-corrected chi connectivity index (χ1v) is 12.7. The molecule has 2 aromatic carbocycles. The number of carbonyl (C=O) groups excluding carboxylic acids is 2. The lowest BCUT2D eigenvalue weighted by Gasteiger charge is -2.30. The molecule has 6 nitrogen and oxygen atoms in total. The van der Waals surface area contributed by atoms with E-state index in [-0.39, 0.29) is 24.4 Å². The molecule has 0 radical (unpaired) electrons. The molecule has 0 spiro atoms. The van der Waals surface area contributed by atoms with Crippen molar-refractivity contribution in [3.8, 4) is 5.75 Å². The van der Waals surface area contributed by atoms with Crippen LogP contribution in [0.4, 0.5) is 0 Å². The smallest absolute Gasteiger partial charge is 0.254 e. The van der Waals surface area contributed by atoms with Gasteiger partial charge in [-0.1, -0.05) is 43.2 Å². The summed E-state index contributed by atoms with van der Waals surface area (Å²) in [5.41, 5.74) is 4.09. The predicted molar refractivity (Wildman–Crippen MR) is 144 cm³/mol. The summed E-state index contributed by atoms with van der Waals surface area (Å²) in [6.07, 6.45) is 3.97. The highest BCUT2D eigenvalue weighted by Gasteiger charge is 2.25. The van der Waals surface area contributed by atoms with Crippen LogP contribution in [0.1, 0.15) is 60.8 Å². The van der Waals surface area contributed by atoms with Crippen molar-refractivity contribution in [2.24, 2.45) is 0 Å². The van der Waals surface area contributed by atoms with E-state index in [2.05, 4.69) is 54.9 Å². The number of amides is 2. The summed E-state index contributed by atoms with van der Waals surface area (Å²) in [5.74, 6) is 0.500. The Morgan fingerprint density at radius 3 is 2.42 bits per heavy atom. The largest absolute Gasteiger partial charge is 0.497 e. The van der Waals surface area contributed by atoms with Crippen LogP contribution in [0.2, 0.25) is 0 Å². The lowest BCUT2D eigenvalue weighted by atomic mass is 10.1. The van der Waals surface area contributed by atoms with Gasteiger partial charge in [0.25, 0.3) is 5.91 Å². The highest BCUT2D eigenvalue weighted by atomic mass is 16.5. The van der Waals surface area contributed by atoms with Crippen molar-refractivity contribution in [3.05, 3.63) is 89.2 Å². The molecule has 0 N–H and O–H groups in total. The first kappa shape index (κ1) is 27.1. The summed E-state index contributed by atoms with van der Waals surface area (Å²) in [5, 5.41) is 0. The van der Waals surface area contributed by atoms with E-state index in [4.69, 9.17) is 4.74 Å². The number of aryl methyl sites for hydroxylation is 1. The van der Waals surface area contributed by atoms with Gasteiger partial charge in [0.15, 0.2) is 0 Å². The normalized spacial score (nSPS) is 10.9. The minimum absolute atomic E-state index is 0.0395. The fourth-order valence-electron chi connectivity index (χ4n) is 4.22. The maximum absolute atomic E-state index is 13.5. The van der Waals surface area contributed by atoms with Crippen molar-refractivity contribution >= 4 is 11.8 Å². The van der Waals surface area contributed by atoms with Crippen molar-refractivity contribution in [3.63, 3.8) is 0 Å². The summed E-state index contributed by atoms with van der Waals surface area (Å²) >= 11 is 0. The third-order valence-corrected chi connectivity index (χ3v) is 6.37. The van der Waals surface area contributed by atoms with E-state index in [0.29, 0.717) is 24.4 Å². The quantitative estimate of drug-likeness (QED) is 0.336. The molecule has 0 atom stereocenters. The van der Waals surface area contributed by atoms with Gasteiger partial charge in [0, 0.05) is 36.6 Å². The third-order valence-electron chi connectivity index (χ3n) is 6.37. The van der Waals surface area contributed by atoms with Crippen LogP contribution < -0.4 is 4.74 Å². The standard InChI is InChI=1S/C30H39N3O3/c1-6-7-17-32(21-27-12-9-18-31(27)20-25-11-8-10-24(4)19-25)29(34)22-33(23(2)3)30(35)26-13-15-28(36-5)16-14-26/h8-16,18-19,23H,6-7,17,20-22H2,1-5H3. The molecule has 3 rings (SSSR count). The average molecular weight is 490 g/mol. The molecule has 0 aliphatic rings. The van der Waals surface area contributed by atoms with Gasteiger partial charge in [-0.2, -0.15) is 0 Å². The van der Waals surface area contributed by atoms with E-state index in [0.717, 1.165) is 25.1 Å². The number of benzene rings is 2. The van der Waals surface area contributed by atoms with Crippen LogP contribution in [0.5, 0.6) is 5.75 Å². The first-order valence-electron chi connectivity index (χ1n) is 12.7. The fraction of sp³-hybridized carbons (Fsp3) is 0.400. The molecule has 192 valence electrons. The lowest BCUT2D eigenvalue weighted by Crippen LogP contribution is -2.46. The van der Waals surface area contributed by atoms with Gasteiger partial charge in [-0.05, 0) is 69.2 Å². The third kappa shape index (κ3) is 7.23. The summed E-state index contributed by atoms with van der Waals surface area (Å²) in [7, 11) is 1.60. The molecule has 2 amide bonds. The van der Waals surface area contributed by atoms with Crippen molar-refractivity contribution in [1.82, 2.24) is 14.4 Å². The Kier molecular flexibility index (Phi) is 9.74. The Hall–Kier alpha value is -3.54. The molecule has 0 bridgehead atoms. The molecule has 0 fully saturated rings. The Morgan fingerprint density at radius 2 is 1.78 bits per heavy atom. The number of hydrogen-bond donors (Lipinski definition) is 0. The van der Waals surface area contributed by atoms with E-state index in [1.807, 2.05) is 24.8 Å². The maximum Gasteiger partial charge on any atom is 0.254 e. The summed E-state index contributed by atoms with van der Waals surface area (Å²) in [6.45, 7) is 10.1. The zero-order valence-electron chi connectivity index (χ0n) is 22.2. The van der Waals surface area contributed by atoms with E-state index >= 15 is 0 Å². The summed E-state index contributed by atoms with van der Waals surface area (Å²) in [4.78, 5) is 30.4. The maximum atomic E-state index is 13.5. The number of nitrogens with zero attached hydrogens (tertiary/aromatic N) is 3. The van der Waals surface area contributed by atoms with Crippen molar-refractivity contribution in [2.75, 3.05) is 20.2 Å². The van der Waals surface area contributed by atoms with E-state index in [1.165, 1.54) is 11.1 Å².